The van der Waals surface area contributed by atoms with Crippen LogP contribution >= 0.6 is 11.3 Å². The maximum atomic E-state index is 4.82. The van der Waals surface area contributed by atoms with Gasteiger partial charge in [-0.1, -0.05) is 48.8 Å². The lowest BCUT2D eigenvalue weighted by atomic mass is 9.95. The van der Waals surface area contributed by atoms with Gasteiger partial charge in [0.1, 0.15) is 11.3 Å². The van der Waals surface area contributed by atoms with Crippen molar-refractivity contribution < 1.29 is 0 Å². The molecule has 0 radical (unpaired) electrons. The number of para-hydroxylation sites is 1. The highest BCUT2D eigenvalue weighted by atomic mass is 32.1. The average molecular weight is 368 g/mol. The van der Waals surface area contributed by atoms with E-state index in [9.17, 15) is 0 Å². The molecule has 0 amide bonds. The zero-order valence-corrected chi connectivity index (χ0v) is 16.4. The first-order valence-electron chi connectivity index (χ1n) is 9.35. The zero-order valence-electron chi connectivity index (χ0n) is 15.6. The highest BCUT2D eigenvalue weighted by Gasteiger charge is 2.18. The van der Waals surface area contributed by atoms with Gasteiger partial charge in [0.15, 0.2) is 15.8 Å². The van der Waals surface area contributed by atoms with E-state index in [-0.39, 0.29) is 0 Å². The molecule has 4 rings (SSSR count). The molecule has 136 valence electrons. The second kappa shape index (κ2) is 7.19. The lowest BCUT2D eigenvalue weighted by Crippen LogP contribution is -2.23. The van der Waals surface area contributed by atoms with Crippen molar-refractivity contribution in [3.63, 3.8) is 0 Å². The average Bonchev–Trinajstić information content (AvgIpc) is 3.02. The van der Waals surface area contributed by atoms with Crippen LogP contribution in [0, 0.1) is 20.8 Å². The van der Waals surface area contributed by atoms with E-state index in [1.54, 1.807) is 11.3 Å². The molecule has 3 aromatic rings. The quantitative estimate of drug-likeness (QED) is 0.637. The van der Waals surface area contributed by atoms with Crippen LogP contribution in [-0.4, -0.2) is 21.0 Å². The Morgan fingerprint density at radius 3 is 2.42 bits per heavy atom. The van der Waals surface area contributed by atoms with Gasteiger partial charge < -0.3 is 10.6 Å². The minimum atomic E-state index is 0.498. The summed E-state index contributed by atoms with van der Waals surface area (Å²) in [4.78, 5) is 15.0. The molecule has 1 aliphatic rings. The molecule has 1 fully saturated rings. The largest absolute Gasteiger partial charge is 0.365 e. The van der Waals surface area contributed by atoms with E-state index >= 15 is 0 Å². The van der Waals surface area contributed by atoms with Crippen LogP contribution in [0.3, 0.4) is 0 Å². The number of nitrogens with one attached hydrogen (secondary N) is 2. The highest BCUT2D eigenvalue weighted by molar-refractivity contribution is 7.21. The third-order valence-electron chi connectivity index (χ3n) is 5.03. The summed E-state index contributed by atoms with van der Waals surface area (Å²) >= 11 is 1.59. The first kappa shape index (κ1) is 17.2. The molecule has 5 nitrogen and oxygen atoms in total. The van der Waals surface area contributed by atoms with E-state index in [0.717, 1.165) is 32.8 Å². The molecule has 0 atom stereocenters. The predicted octanol–water partition coefficient (Wildman–Crippen LogP) is 5.50. The molecule has 26 heavy (non-hydrogen) atoms. The Bertz CT molecular complexity index is 907. The molecule has 0 spiro atoms. The lowest BCUT2D eigenvalue weighted by Gasteiger charge is -2.23. The Morgan fingerprint density at radius 1 is 0.962 bits per heavy atom. The van der Waals surface area contributed by atoms with Crippen molar-refractivity contribution in [3.05, 3.63) is 35.2 Å². The molecule has 2 aromatic heterocycles. The van der Waals surface area contributed by atoms with Crippen LogP contribution in [0.25, 0.3) is 10.3 Å². The molecule has 0 bridgehead atoms. The fourth-order valence-electron chi connectivity index (χ4n) is 3.64. The number of anilines is 3. The minimum Gasteiger partial charge on any atom is -0.365 e. The van der Waals surface area contributed by atoms with E-state index in [1.165, 1.54) is 43.2 Å². The smallest absolute Gasteiger partial charge is 0.189 e. The summed E-state index contributed by atoms with van der Waals surface area (Å²) in [6, 6.07) is 6.80. The van der Waals surface area contributed by atoms with Crippen molar-refractivity contribution >= 4 is 38.3 Å². The second-order valence-corrected chi connectivity index (χ2v) is 8.14. The van der Waals surface area contributed by atoms with E-state index in [2.05, 4.69) is 52.6 Å². The van der Waals surface area contributed by atoms with Gasteiger partial charge in [0.25, 0.3) is 0 Å². The van der Waals surface area contributed by atoms with Gasteiger partial charge in [-0.25, -0.2) is 15.0 Å². The van der Waals surface area contributed by atoms with Gasteiger partial charge >= 0.3 is 0 Å². The number of thiazole rings is 1. The molecule has 1 saturated carbocycles. The third-order valence-corrected chi connectivity index (χ3v) is 5.89. The number of rotatable bonds is 4. The zero-order chi connectivity index (χ0) is 18.1. The summed E-state index contributed by atoms with van der Waals surface area (Å²) < 4.78 is 0. The van der Waals surface area contributed by atoms with E-state index in [0.29, 0.717) is 6.04 Å². The number of hydrogen-bond donors (Lipinski definition) is 2. The van der Waals surface area contributed by atoms with E-state index in [4.69, 9.17) is 4.98 Å². The van der Waals surface area contributed by atoms with Crippen molar-refractivity contribution in [1.82, 2.24) is 15.0 Å². The maximum absolute atomic E-state index is 4.82. The van der Waals surface area contributed by atoms with Crippen LogP contribution in [0.2, 0.25) is 0 Å². The molecular weight excluding hydrogens is 342 g/mol. The first-order valence-corrected chi connectivity index (χ1v) is 10.2. The van der Waals surface area contributed by atoms with Crippen LogP contribution in [0.1, 0.15) is 49.1 Å². The molecule has 0 unspecified atom stereocenters. The van der Waals surface area contributed by atoms with E-state index in [1.807, 2.05) is 6.92 Å². The number of nitrogens with zero attached hydrogens (tertiary/aromatic N) is 3. The summed E-state index contributed by atoms with van der Waals surface area (Å²) in [5.74, 6) is 1.67. The number of hydrogen-bond acceptors (Lipinski definition) is 6. The Morgan fingerprint density at radius 2 is 1.69 bits per heavy atom. The van der Waals surface area contributed by atoms with Gasteiger partial charge in [0, 0.05) is 11.7 Å². The summed E-state index contributed by atoms with van der Waals surface area (Å²) in [6.07, 6.45) is 6.35. The summed E-state index contributed by atoms with van der Waals surface area (Å²) in [6.45, 7) is 6.18. The fourth-order valence-corrected chi connectivity index (χ4v) is 4.53. The van der Waals surface area contributed by atoms with Crippen molar-refractivity contribution in [2.45, 2.75) is 58.9 Å². The van der Waals surface area contributed by atoms with E-state index < -0.39 is 0 Å². The monoisotopic (exact) mass is 367 g/mol. The topological polar surface area (TPSA) is 62.7 Å². The fraction of sp³-hybridized carbons (Fsp3) is 0.450. The number of aromatic nitrogens is 3. The van der Waals surface area contributed by atoms with Crippen molar-refractivity contribution in [3.8, 4) is 0 Å². The Kier molecular flexibility index (Phi) is 4.76. The van der Waals surface area contributed by atoms with Crippen molar-refractivity contribution in [2.24, 2.45) is 0 Å². The predicted molar refractivity (Wildman–Crippen MR) is 110 cm³/mol. The van der Waals surface area contributed by atoms with Gasteiger partial charge in [-0.3, -0.25) is 0 Å². The standard InChI is InChI=1S/C20H25N5S/c1-12-8-7-9-13(2)16(12)24-20-25-17-18(21-14(3)22-19(17)26-20)23-15-10-5-4-6-11-15/h7-9,15H,4-6,10-11H2,1-3H3,(H,24,25)(H,21,22,23). The van der Waals surface area contributed by atoms with Gasteiger partial charge in [-0.2, -0.15) is 0 Å². The minimum absolute atomic E-state index is 0.498. The van der Waals surface area contributed by atoms with Crippen molar-refractivity contribution in [2.75, 3.05) is 10.6 Å². The first-order chi connectivity index (χ1) is 12.6. The second-order valence-electron chi connectivity index (χ2n) is 7.16. The van der Waals surface area contributed by atoms with Gasteiger partial charge in [0.05, 0.1) is 0 Å². The van der Waals surface area contributed by atoms with Gasteiger partial charge in [-0.15, -0.1) is 0 Å². The molecule has 2 heterocycles. The molecule has 0 saturated heterocycles. The highest BCUT2D eigenvalue weighted by Crippen LogP contribution is 2.33. The SMILES string of the molecule is Cc1nc(NC2CCCCC2)c2nc(Nc3c(C)cccc3C)sc2n1. The van der Waals surface area contributed by atoms with Crippen LogP contribution in [0.15, 0.2) is 18.2 Å². The van der Waals surface area contributed by atoms with Crippen LogP contribution in [0.5, 0.6) is 0 Å². The Balaban J connectivity index is 1.67. The molecule has 1 aliphatic carbocycles. The number of aryl methyl sites for hydroxylation is 3. The number of fused-ring (bicyclic) bond motifs is 1. The molecule has 0 aliphatic heterocycles. The molecule has 6 heteroatoms. The summed E-state index contributed by atoms with van der Waals surface area (Å²) in [5.41, 5.74) is 4.43. The van der Waals surface area contributed by atoms with Gasteiger partial charge in [0.2, 0.25) is 0 Å². The summed E-state index contributed by atoms with van der Waals surface area (Å²) in [7, 11) is 0. The van der Waals surface area contributed by atoms with Crippen LogP contribution in [-0.2, 0) is 0 Å². The maximum Gasteiger partial charge on any atom is 0.189 e. The molecule has 2 N–H and O–H groups in total. The Labute approximate surface area is 158 Å². The normalized spacial score (nSPS) is 15.3. The van der Waals surface area contributed by atoms with Crippen LogP contribution < -0.4 is 10.6 Å². The van der Waals surface area contributed by atoms with Crippen molar-refractivity contribution in [1.29, 1.82) is 0 Å². The molecule has 1 aromatic carbocycles. The number of benzene rings is 1. The van der Waals surface area contributed by atoms with Crippen LogP contribution in [0.4, 0.5) is 16.6 Å². The lowest BCUT2D eigenvalue weighted by molar-refractivity contribution is 0.462. The molecular formula is C20H25N5S. The third kappa shape index (κ3) is 3.51. The Hall–Kier alpha value is -2.21. The summed E-state index contributed by atoms with van der Waals surface area (Å²) in [5, 5.41) is 7.99. The van der Waals surface area contributed by atoms with Gasteiger partial charge in [-0.05, 0) is 44.7 Å².